The van der Waals surface area contributed by atoms with Crippen molar-refractivity contribution in [2.75, 3.05) is 32.1 Å². The van der Waals surface area contributed by atoms with Crippen LogP contribution in [-0.2, 0) is 0 Å². The van der Waals surface area contributed by atoms with E-state index < -0.39 is 0 Å². The molecule has 1 rings (SSSR count). The molecule has 1 aromatic heterocycles. The van der Waals surface area contributed by atoms with E-state index in [9.17, 15) is 4.79 Å². The summed E-state index contributed by atoms with van der Waals surface area (Å²) >= 11 is 5.78. The molecule has 1 aromatic rings. The number of nitrogens with two attached hydrogens (primary N) is 1. The number of halogens is 1. The second-order valence-electron chi connectivity index (χ2n) is 3.86. The third-order valence-electron chi connectivity index (χ3n) is 2.52. The number of carbonyl (C=O) groups excluding carboxylic acids is 1. The van der Waals surface area contributed by atoms with Crippen molar-refractivity contribution in [1.82, 2.24) is 15.2 Å². The van der Waals surface area contributed by atoms with Gasteiger partial charge in [0.25, 0.3) is 5.91 Å². The van der Waals surface area contributed by atoms with Gasteiger partial charge in [-0.05, 0) is 25.7 Å². The topological polar surface area (TPSA) is 83.3 Å². The Labute approximate surface area is 111 Å². The van der Waals surface area contributed by atoms with Crippen LogP contribution in [0.25, 0.3) is 0 Å². The van der Waals surface area contributed by atoms with E-state index in [0.717, 1.165) is 13.1 Å². The zero-order chi connectivity index (χ0) is 13.5. The number of nitrogen functional groups attached to an aromatic ring is 1. The lowest BCUT2D eigenvalue weighted by Crippen LogP contribution is -2.33. The summed E-state index contributed by atoms with van der Waals surface area (Å²) in [6, 6.07) is 3.05. The van der Waals surface area contributed by atoms with E-state index in [1.54, 1.807) is 6.07 Å². The lowest BCUT2D eigenvalue weighted by molar-refractivity contribution is 0.0950. The molecule has 18 heavy (non-hydrogen) atoms. The molecule has 0 saturated heterocycles. The molecule has 0 radical (unpaired) electrons. The van der Waals surface area contributed by atoms with Gasteiger partial charge in [-0.25, -0.2) is 10.8 Å². The van der Waals surface area contributed by atoms with E-state index in [2.05, 4.69) is 27.6 Å². The summed E-state index contributed by atoms with van der Waals surface area (Å²) in [5, 5.41) is 3.03. The Morgan fingerprint density at radius 3 is 2.89 bits per heavy atom. The Morgan fingerprint density at radius 2 is 2.28 bits per heavy atom. The van der Waals surface area contributed by atoms with Crippen molar-refractivity contribution in [3.63, 3.8) is 0 Å². The van der Waals surface area contributed by atoms with Crippen molar-refractivity contribution in [1.29, 1.82) is 0 Å². The smallest absolute Gasteiger partial charge is 0.251 e. The number of amides is 1. The minimum absolute atomic E-state index is 0.194. The minimum Gasteiger partial charge on any atom is -0.351 e. The number of pyridine rings is 1. The van der Waals surface area contributed by atoms with Crippen LogP contribution in [-0.4, -0.2) is 42.5 Å². The monoisotopic (exact) mass is 271 g/mol. The molecule has 0 aromatic carbocycles. The molecule has 4 N–H and O–H groups in total. The Balaban J connectivity index is 2.58. The van der Waals surface area contributed by atoms with Gasteiger partial charge in [-0.1, -0.05) is 18.5 Å². The van der Waals surface area contributed by atoms with E-state index in [-0.39, 0.29) is 11.1 Å². The molecule has 0 aliphatic carbocycles. The number of hydrogen-bond acceptors (Lipinski definition) is 5. The Bertz CT molecular complexity index is 412. The fourth-order valence-electron chi connectivity index (χ4n) is 1.32. The van der Waals surface area contributed by atoms with Gasteiger partial charge in [0, 0.05) is 18.7 Å². The van der Waals surface area contributed by atoms with Gasteiger partial charge in [0.2, 0.25) is 0 Å². The van der Waals surface area contributed by atoms with Crippen molar-refractivity contribution in [3.8, 4) is 0 Å². The first-order chi connectivity index (χ1) is 8.56. The Morgan fingerprint density at radius 1 is 1.56 bits per heavy atom. The van der Waals surface area contributed by atoms with Crippen molar-refractivity contribution in [2.24, 2.45) is 5.84 Å². The van der Waals surface area contributed by atoms with Gasteiger partial charge in [-0.3, -0.25) is 4.79 Å². The predicted molar refractivity (Wildman–Crippen MR) is 72.6 cm³/mol. The number of aromatic nitrogens is 1. The van der Waals surface area contributed by atoms with Gasteiger partial charge in [0.05, 0.1) is 0 Å². The number of likely N-dealkylation sites (N-methyl/N-ethyl adjacent to an activating group) is 1. The Kier molecular flexibility index (Phi) is 5.84. The average Bonchev–Trinajstić information content (AvgIpc) is 2.37. The third kappa shape index (κ3) is 4.48. The summed E-state index contributed by atoms with van der Waals surface area (Å²) < 4.78 is 0. The predicted octanol–water partition coefficient (Wildman–Crippen LogP) is 0.702. The molecule has 100 valence electrons. The number of anilines is 1. The molecule has 1 heterocycles. The summed E-state index contributed by atoms with van der Waals surface area (Å²) in [5.74, 6) is 5.40. The van der Waals surface area contributed by atoms with Gasteiger partial charge in [-0.2, -0.15) is 0 Å². The van der Waals surface area contributed by atoms with Crippen molar-refractivity contribution in [2.45, 2.75) is 6.92 Å². The van der Waals surface area contributed by atoms with Crippen LogP contribution in [0.4, 0.5) is 5.82 Å². The molecule has 0 unspecified atom stereocenters. The molecule has 7 heteroatoms. The molecule has 0 atom stereocenters. The first-order valence-electron chi connectivity index (χ1n) is 5.67. The van der Waals surface area contributed by atoms with Gasteiger partial charge in [0.1, 0.15) is 11.0 Å². The zero-order valence-corrected chi connectivity index (χ0v) is 11.3. The maximum atomic E-state index is 11.9. The highest BCUT2D eigenvalue weighted by Gasteiger charge is 2.08. The summed E-state index contributed by atoms with van der Waals surface area (Å²) in [4.78, 5) is 17.9. The molecule has 1 amide bonds. The van der Waals surface area contributed by atoms with E-state index in [0.29, 0.717) is 17.9 Å². The molecule has 0 fully saturated rings. The highest BCUT2D eigenvalue weighted by atomic mass is 35.5. The van der Waals surface area contributed by atoms with E-state index >= 15 is 0 Å². The van der Waals surface area contributed by atoms with Gasteiger partial charge in [-0.15, -0.1) is 0 Å². The van der Waals surface area contributed by atoms with Crippen LogP contribution >= 0.6 is 11.6 Å². The molecule has 0 saturated carbocycles. The third-order valence-corrected chi connectivity index (χ3v) is 2.72. The van der Waals surface area contributed by atoms with Crippen LogP contribution in [0.5, 0.6) is 0 Å². The fourth-order valence-corrected chi connectivity index (χ4v) is 1.53. The van der Waals surface area contributed by atoms with Gasteiger partial charge >= 0.3 is 0 Å². The van der Waals surface area contributed by atoms with Crippen molar-refractivity contribution in [3.05, 3.63) is 22.8 Å². The number of rotatable bonds is 6. The van der Waals surface area contributed by atoms with Crippen LogP contribution in [0.15, 0.2) is 12.1 Å². The standard InChI is InChI=1S/C11H18ClN5O/c1-3-17(2)5-4-14-11(18)8-6-9(12)15-10(7-8)16-13/h6-7H,3-5,13H2,1-2H3,(H,14,18)(H,15,16). The number of nitrogens with one attached hydrogen (secondary N) is 2. The summed E-state index contributed by atoms with van der Waals surface area (Å²) in [6.45, 7) is 4.37. The van der Waals surface area contributed by atoms with Crippen LogP contribution in [0, 0.1) is 0 Å². The number of hydrogen-bond donors (Lipinski definition) is 3. The zero-order valence-electron chi connectivity index (χ0n) is 10.5. The summed E-state index contributed by atoms with van der Waals surface area (Å²) in [7, 11) is 1.99. The Hall–Kier alpha value is -1.37. The first kappa shape index (κ1) is 14.7. The van der Waals surface area contributed by atoms with E-state index in [1.165, 1.54) is 6.07 Å². The maximum Gasteiger partial charge on any atom is 0.251 e. The highest BCUT2D eigenvalue weighted by Crippen LogP contribution is 2.13. The minimum atomic E-state index is -0.194. The molecule has 0 spiro atoms. The fraction of sp³-hybridized carbons (Fsp3) is 0.455. The van der Waals surface area contributed by atoms with E-state index in [1.807, 2.05) is 7.05 Å². The molecule has 0 aliphatic rings. The average molecular weight is 272 g/mol. The maximum absolute atomic E-state index is 11.9. The van der Waals surface area contributed by atoms with Crippen LogP contribution in [0.3, 0.4) is 0 Å². The quantitative estimate of drug-likeness (QED) is 0.403. The highest BCUT2D eigenvalue weighted by molar-refractivity contribution is 6.29. The summed E-state index contributed by atoms with van der Waals surface area (Å²) in [5.41, 5.74) is 2.80. The number of nitrogens with zero attached hydrogens (tertiary/aromatic N) is 2. The normalized spacial score (nSPS) is 10.5. The lowest BCUT2D eigenvalue weighted by atomic mass is 10.2. The molecule has 0 bridgehead atoms. The van der Waals surface area contributed by atoms with Crippen molar-refractivity contribution >= 4 is 23.3 Å². The van der Waals surface area contributed by atoms with Gasteiger partial charge in [0.15, 0.2) is 0 Å². The van der Waals surface area contributed by atoms with Crippen molar-refractivity contribution < 1.29 is 4.79 Å². The molecular weight excluding hydrogens is 254 g/mol. The van der Waals surface area contributed by atoms with Gasteiger partial charge < -0.3 is 15.6 Å². The van der Waals surface area contributed by atoms with Crippen LogP contribution < -0.4 is 16.6 Å². The largest absolute Gasteiger partial charge is 0.351 e. The number of hydrazine groups is 1. The van der Waals surface area contributed by atoms with E-state index in [4.69, 9.17) is 17.4 Å². The SMILES string of the molecule is CCN(C)CCNC(=O)c1cc(Cl)nc(NN)c1. The summed E-state index contributed by atoms with van der Waals surface area (Å²) in [6.07, 6.45) is 0. The molecular formula is C11H18ClN5O. The second kappa shape index (κ2) is 7.15. The molecule has 0 aliphatic heterocycles. The molecule has 6 nitrogen and oxygen atoms in total. The van der Waals surface area contributed by atoms with Crippen LogP contribution in [0.2, 0.25) is 5.15 Å². The number of carbonyl (C=O) groups is 1. The second-order valence-corrected chi connectivity index (χ2v) is 4.25. The lowest BCUT2D eigenvalue weighted by Gasteiger charge is -2.14. The first-order valence-corrected chi connectivity index (χ1v) is 6.05. The van der Waals surface area contributed by atoms with Crippen LogP contribution in [0.1, 0.15) is 17.3 Å².